The third-order valence-corrected chi connectivity index (χ3v) is 5.72. The van der Waals surface area contributed by atoms with Gasteiger partial charge in [-0.05, 0) is 42.0 Å². The molecule has 0 spiro atoms. The lowest BCUT2D eigenvalue weighted by molar-refractivity contribution is 0.0951. The van der Waals surface area contributed by atoms with E-state index in [1.54, 1.807) is 42.2 Å². The second-order valence-electron chi connectivity index (χ2n) is 7.93. The first-order valence-electron chi connectivity index (χ1n) is 11.3. The summed E-state index contributed by atoms with van der Waals surface area (Å²) in [4.78, 5) is 17.3. The van der Waals surface area contributed by atoms with Crippen LogP contribution in [0.2, 0.25) is 0 Å². The Morgan fingerprint density at radius 3 is 2.39 bits per heavy atom. The number of aromatic nitrogens is 5. The molecule has 2 aromatic heterocycles. The molecule has 9 heteroatoms. The molecule has 0 aliphatic heterocycles. The van der Waals surface area contributed by atoms with Crippen LogP contribution >= 0.6 is 0 Å². The fourth-order valence-electron chi connectivity index (χ4n) is 3.83. The lowest BCUT2D eigenvalue weighted by Crippen LogP contribution is -2.23. The van der Waals surface area contributed by atoms with E-state index >= 15 is 0 Å². The van der Waals surface area contributed by atoms with Crippen molar-refractivity contribution in [1.82, 2.24) is 29.9 Å². The summed E-state index contributed by atoms with van der Waals surface area (Å²) in [5.74, 6) is 0.967. The number of ether oxygens (including phenoxy) is 2. The zero-order valence-corrected chi connectivity index (χ0v) is 19.8. The average Bonchev–Trinajstić information content (AvgIpc) is 3.63. The molecule has 0 fully saturated rings. The van der Waals surface area contributed by atoms with Gasteiger partial charge in [-0.3, -0.25) is 4.79 Å². The smallest absolute Gasteiger partial charge is 0.255 e. The summed E-state index contributed by atoms with van der Waals surface area (Å²) in [6, 6.07) is 22.8. The van der Waals surface area contributed by atoms with E-state index in [1.165, 1.54) is 6.33 Å². The molecule has 1 N–H and O–H groups in total. The number of hydrogen-bond acceptors (Lipinski definition) is 6. The third-order valence-electron chi connectivity index (χ3n) is 5.72. The quantitative estimate of drug-likeness (QED) is 0.360. The van der Waals surface area contributed by atoms with Crippen LogP contribution in [0.25, 0.3) is 22.6 Å². The molecule has 3 aromatic carbocycles. The maximum atomic E-state index is 13.4. The molecule has 1 amide bonds. The number of rotatable bonds is 8. The highest BCUT2D eigenvalue weighted by Gasteiger charge is 2.21. The number of para-hydroxylation sites is 1. The molecule has 0 saturated carbocycles. The van der Waals surface area contributed by atoms with Gasteiger partial charge in [-0.2, -0.15) is 10.2 Å². The van der Waals surface area contributed by atoms with Crippen LogP contribution in [0.4, 0.5) is 0 Å². The van der Waals surface area contributed by atoms with E-state index in [2.05, 4.69) is 15.4 Å². The highest BCUT2D eigenvalue weighted by molar-refractivity contribution is 6.00. The number of carbonyl (C=O) groups is 1. The van der Waals surface area contributed by atoms with Crippen molar-refractivity contribution in [3.05, 3.63) is 103 Å². The second-order valence-corrected chi connectivity index (χ2v) is 7.93. The molecule has 0 saturated heterocycles. The van der Waals surface area contributed by atoms with E-state index in [0.717, 1.165) is 16.9 Å². The second kappa shape index (κ2) is 10.1. The minimum Gasteiger partial charge on any atom is -0.497 e. The maximum absolute atomic E-state index is 13.4. The van der Waals surface area contributed by atoms with Gasteiger partial charge < -0.3 is 14.8 Å². The van der Waals surface area contributed by atoms with Crippen LogP contribution < -0.4 is 14.8 Å². The Balaban J connectivity index is 1.44. The first-order valence-corrected chi connectivity index (χ1v) is 11.3. The lowest BCUT2D eigenvalue weighted by atomic mass is 10.1. The molecule has 9 nitrogen and oxygen atoms in total. The summed E-state index contributed by atoms with van der Waals surface area (Å²) < 4.78 is 14.3. The van der Waals surface area contributed by atoms with E-state index in [9.17, 15) is 4.79 Å². The monoisotopic (exact) mass is 480 g/mol. The zero-order chi connectivity index (χ0) is 24.9. The Kier molecular flexibility index (Phi) is 6.44. The molecular weight excluding hydrogens is 456 g/mol. The zero-order valence-electron chi connectivity index (χ0n) is 19.8. The van der Waals surface area contributed by atoms with E-state index in [0.29, 0.717) is 34.9 Å². The van der Waals surface area contributed by atoms with Crippen LogP contribution in [0.3, 0.4) is 0 Å². The molecule has 0 atom stereocenters. The molecule has 0 aliphatic carbocycles. The normalized spacial score (nSPS) is 10.7. The number of hydrogen-bond donors (Lipinski definition) is 1. The van der Waals surface area contributed by atoms with Crippen molar-refractivity contribution < 1.29 is 14.3 Å². The summed E-state index contributed by atoms with van der Waals surface area (Å²) in [6.07, 6.45) is 4.85. The molecule has 0 aliphatic rings. The van der Waals surface area contributed by atoms with Gasteiger partial charge in [0.15, 0.2) is 0 Å². The van der Waals surface area contributed by atoms with Crippen LogP contribution in [-0.2, 0) is 6.54 Å². The highest BCUT2D eigenvalue weighted by atomic mass is 16.5. The Bertz CT molecular complexity index is 1460. The van der Waals surface area contributed by atoms with Crippen LogP contribution in [-0.4, -0.2) is 44.7 Å². The fourth-order valence-corrected chi connectivity index (χ4v) is 3.83. The van der Waals surface area contributed by atoms with Gasteiger partial charge in [0.05, 0.1) is 31.2 Å². The number of methoxy groups -OCH3 is 2. The van der Waals surface area contributed by atoms with E-state index in [1.807, 2.05) is 66.7 Å². The predicted octanol–water partition coefficient (Wildman–Crippen LogP) is 4.07. The van der Waals surface area contributed by atoms with E-state index in [-0.39, 0.29) is 5.91 Å². The van der Waals surface area contributed by atoms with Crippen molar-refractivity contribution in [1.29, 1.82) is 0 Å². The van der Waals surface area contributed by atoms with Gasteiger partial charge in [-0.1, -0.05) is 30.3 Å². The summed E-state index contributed by atoms with van der Waals surface area (Å²) in [5, 5.41) is 11.9. The molecule has 2 heterocycles. The van der Waals surface area contributed by atoms with Crippen molar-refractivity contribution in [2.24, 2.45) is 0 Å². The molecule has 5 aromatic rings. The van der Waals surface area contributed by atoms with Crippen LogP contribution in [0.1, 0.15) is 15.9 Å². The summed E-state index contributed by atoms with van der Waals surface area (Å²) in [5.41, 5.74) is 4.31. The number of nitrogens with zero attached hydrogens (tertiary/aromatic N) is 5. The molecule has 180 valence electrons. The standard InChI is InChI=1S/C27H24N6O3/c1-35-22-12-13-23(25(14-22)36-2)26-24(16-32(31-26)20-6-4-3-5-7-20)27(34)29-15-19-8-10-21(11-9-19)33-18-28-17-30-33/h3-14,16-18H,15H2,1-2H3,(H,29,34). The minimum atomic E-state index is -0.245. The molecule has 36 heavy (non-hydrogen) atoms. The Morgan fingerprint density at radius 1 is 0.917 bits per heavy atom. The van der Waals surface area contributed by atoms with Crippen molar-refractivity contribution in [2.45, 2.75) is 6.54 Å². The first-order chi connectivity index (χ1) is 17.7. The maximum Gasteiger partial charge on any atom is 0.255 e. The van der Waals surface area contributed by atoms with Crippen molar-refractivity contribution in [3.8, 4) is 34.1 Å². The average molecular weight is 481 g/mol. The lowest BCUT2D eigenvalue weighted by Gasteiger charge is -2.11. The van der Waals surface area contributed by atoms with E-state index in [4.69, 9.17) is 14.6 Å². The van der Waals surface area contributed by atoms with Gasteiger partial charge in [0.1, 0.15) is 29.8 Å². The molecule has 0 bridgehead atoms. The summed E-state index contributed by atoms with van der Waals surface area (Å²) in [7, 11) is 3.17. The number of nitrogens with one attached hydrogen (secondary N) is 1. The van der Waals surface area contributed by atoms with Crippen LogP contribution in [0.5, 0.6) is 11.5 Å². The van der Waals surface area contributed by atoms with Crippen molar-refractivity contribution in [3.63, 3.8) is 0 Å². The first kappa shape index (κ1) is 22.9. The molecule has 5 rings (SSSR count). The highest BCUT2D eigenvalue weighted by Crippen LogP contribution is 2.34. The number of amides is 1. The predicted molar refractivity (Wildman–Crippen MR) is 135 cm³/mol. The summed E-state index contributed by atoms with van der Waals surface area (Å²) >= 11 is 0. The fraction of sp³-hybridized carbons (Fsp3) is 0.111. The molecule has 0 radical (unpaired) electrons. The minimum absolute atomic E-state index is 0.245. The van der Waals surface area contributed by atoms with Gasteiger partial charge in [0.2, 0.25) is 0 Å². The van der Waals surface area contributed by atoms with Crippen LogP contribution in [0, 0.1) is 0 Å². The molecule has 0 unspecified atom stereocenters. The van der Waals surface area contributed by atoms with E-state index < -0.39 is 0 Å². The van der Waals surface area contributed by atoms with Crippen molar-refractivity contribution in [2.75, 3.05) is 14.2 Å². The molecular formula is C27H24N6O3. The van der Waals surface area contributed by atoms with Gasteiger partial charge in [-0.15, -0.1) is 0 Å². The SMILES string of the molecule is COc1ccc(-c2nn(-c3ccccc3)cc2C(=O)NCc2ccc(-n3cncn3)cc2)c(OC)c1. The number of carbonyl (C=O) groups excluding carboxylic acids is 1. The third kappa shape index (κ3) is 4.67. The Morgan fingerprint density at radius 2 is 1.69 bits per heavy atom. The number of benzene rings is 3. The van der Waals surface area contributed by atoms with Crippen molar-refractivity contribution >= 4 is 5.91 Å². The Labute approximate surface area is 207 Å². The Hall–Kier alpha value is -4.92. The van der Waals surface area contributed by atoms with Gasteiger partial charge in [0, 0.05) is 24.4 Å². The van der Waals surface area contributed by atoms with Gasteiger partial charge >= 0.3 is 0 Å². The largest absolute Gasteiger partial charge is 0.497 e. The van der Waals surface area contributed by atoms with Crippen LogP contribution in [0.15, 0.2) is 91.6 Å². The van der Waals surface area contributed by atoms with Gasteiger partial charge in [-0.25, -0.2) is 14.3 Å². The summed E-state index contributed by atoms with van der Waals surface area (Å²) in [6.45, 7) is 0.353. The topological polar surface area (TPSA) is 96.1 Å². The van der Waals surface area contributed by atoms with Gasteiger partial charge in [0.25, 0.3) is 5.91 Å².